The van der Waals surface area contributed by atoms with Gasteiger partial charge in [-0.1, -0.05) is 18.2 Å². The highest BCUT2D eigenvalue weighted by Gasteiger charge is 2.19. The van der Waals surface area contributed by atoms with Gasteiger partial charge in [-0.2, -0.15) is 5.10 Å². The van der Waals surface area contributed by atoms with E-state index in [2.05, 4.69) is 27.6 Å². The SMILES string of the molecule is NC(=S)N/N=C/c1ccc(N2CCN(Cc3ccc(F)cc3)CC2)c(F)c1. The summed E-state index contributed by atoms with van der Waals surface area (Å²) in [6.45, 7) is 3.86. The minimum absolute atomic E-state index is 0.0573. The fraction of sp³-hybridized carbons (Fsp3) is 0.263. The molecule has 1 aliphatic heterocycles. The van der Waals surface area contributed by atoms with Gasteiger partial charge in [0.1, 0.15) is 11.6 Å². The van der Waals surface area contributed by atoms with Crippen molar-refractivity contribution in [2.45, 2.75) is 6.54 Å². The quantitative estimate of drug-likeness (QED) is 0.467. The van der Waals surface area contributed by atoms with Gasteiger partial charge in [-0.3, -0.25) is 10.3 Å². The minimum Gasteiger partial charge on any atom is -0.375 e. The van der Waals surface area contributed by atoms with Gasteiger partial charge >= 0.3 is 0 Å². The van der Waals surface area contributed by atoms with Crippen molar-refractivity contribution >= 4 is 29.2 Å². The second kappa shape index (κ2) is 8.88. The van der Waals surface area contributed by atoms with Gasteiger partial charge in [0.2, 0.25) is 0 Å². The summed E-state index contributed by atoms with van der Waals surface area (Å²) >= 11 is 4.65. The molecule has 0 spiro atoms. The molecule has 0 saturated carbocycles. The molecule has 1 fully saturated rings. The van der Waals surface area contributed by atoms with E-state index in [9.17, 15) is 8.78 Å². The van der Waals surface area contributed by atoms with E-state index in [1.807, 2.05) is 4.90 Å². The molecule has 3 rings (SSSR count). The topological polar surface area (TPSA) is 56.9 Å². The maximum Gasteiger partial charge on any atom is 0.184 e. The molecule has 3 N–H and O–H groups in total. The molecule has 0 aliphatic carbocycles. The lowest BCUT2D eigenvalue weighted by atomic mass is 10.1. The van der Waals surface area contributed by atoms with Crippen LogP contribution in [0.4, 0.5) is 14.5 Å². The standard InChI is InChI=1S/C19H21F2N5S/c20-16-4-1-14(2-5-16)13-25-7-9-26(10-8-25)18-6-3-15(11-17(18)21)12-23-24-19(22)27/h1-6,11-12H,7-10,13H2,(H3,22,24,27)/b23-12+. The Morgan fingerprint density at radius 2 is 1.81 bits per heavy atom. The predicted molar refractivity (Wildman–Crippen MR) is 108 cm³/mol. The highest BCUT2D eigenvalue weighted by Crippen LogP contribution is 2.22. The van der Waals surface area contributed by atoms with Gasteiger partial charge in [-0.05, 0) is 47.6 Å². The zero-order valence-corrected chi connectivity index (χ0v) is 15.6. The number of hydrazone groups is 1. The van der Waals surface area contributed by atoms with Crippen LogP contribution in [0.1, 0.15) is 11.1 Å². The molecule has 0 amide bonds. The van der Waals surface area contributed by atoms with Crippen molar-refractivity contribution in [3.63, 3.8) is 0 Å². The van der Waals surface area contributed by atoms with Crippen LogP contribution in [-0.2, 0) is 6.54 Å². The van der Waals surface area contributed by atoms with Gasteiger partial charge in [0.05, 0.1) is 11.9 Å². The van der Waals surface area contributed by atoms with Crippen LogP contribution in [0.25, 0.3) is 0 Å². The zero-order valence-electron chi connectivity index (χ0n) is 14.7. The van der Waals surface area contributed by atoms with Gasteiger partial charge in [-0.15, -0.1) is 0 Å². The Labute approximate surface area is 162 Å². The van der Waals surface area contributed by atoms with E-state index in [0.29, 0.717) is 11.3 Å². The number of nitrogens with zero attached hydrogens (tertiary/aromatic N) is 3. The summed E-state index contributed by atoms with van der Waals surface area (Å²) in [5.74, 6) is -0.518. The first-order valence-corrected chi connectivity index (χ1v) is 9.02. The molecule has 0 radical (unpaired) electrons. The van der Waals surface area contributed by atoms with E-state index in [4.69, 9.17) is 5.73 Å². The summed E-state index contributed by atoms with van der Waals surface area (Å²) in [6.07, 6.45) is 1.46. The fourth-order valence-corrected chi connectivity index (χ4v) is 3.08. The number of hydrogen-bond acceptors (Lipinski definition) is 4. The van der Waals surface area contributed by atoms with Crippen LogP contribution in [0.3, 0.4) is 0 Å². The number of rotatable bonds is 5. The third kappa shape index (κ3) is 5.45. The van der Waals surface area contributed by atoms with Crippen LogP contribution < -0.4 is 16.1 Å². The monoisotopic (exact) mass is 389 g/mol. The molecule has 142 valence electrons. The molecule has 1 aliphatic rings. The Kier molecular flexibility index (Phi) is 6.31. The molecule has 0 unspecified atom stereocenters. The summed E-state index contributed by atoms with van der Waals surface area (Å²) in [6, 6.07) is 11.5. The van der Waals surface area contributed by atoms with Gasteiger partial charge in [0.25, 0.3) is 0 Å². The van der Waals surface area contributed by atoms with Crippen LogP contribution in [0.2, 0.25) is 0 Å². The largest absolute Gasteiger partial charge is 0.375 e. The predicted octanol–water partition coefficient (Wildman–Crippen LogP) is 2.45. The van der Waals surface area contributed by atoms with Crippen molar-refractivity contribution in [3.05, 3.63) is 65.2 Å². The van der Waals surface area contributed by atoms with Crippen LogP contribution >= 0.6 is 12.2 Å². The molecule has 2 aromatic rings. The first kappa shape index (κ1) is 19.2. The first-order valence-electron chi connectivity index (χ1n) is 8.61. The molecule has 8 heteroatoms. The van der Waals surface area contributed by atoms with Crippen LogP contribution in [0.5, 0.6) is 0 Å². The van der Waals surface area contributed by atoms with Gasteiger partial charge in [0.15, 0.2) is 5.11 Å². The molecular weight excluding hydrogens is 368 g/mol. The van der Waals surface area contributed by atoms with E-state index in [1.165, 1.54) is 24.4 Å². The summed E-state index contributed by atoms with van der Waals surface area (Å²) in [4.78, 5) is 4.31. The van der Waals surface area contributed by atoms with Crippen molar-refractivity contribution in [1.29, 1.82) is 0 Å². The van der Waals surface area contributed by atoms with E-state index < -0.39 is 0 Å². The lowest BCUT2D eigenvalue weighted by molar-refractivity contribution is 0.249. The molecule has 0 bridgehead atoms. The molecule has 5 nitrogen and oxygen atoms in total. The Hall–Kier alpha value is -2.58. The Bertz CT molecular complexity index is 817. The second-order valence-corrected chi connectivity index (χ2v) is 6.77. The molecule has 1 heterocycles. The van der Waals surface area contributed by atoms with Gasteiger partial charge in [0, 0.05) is 32.7 Å². The van der Waals surface area contributed by atoms with E-state index in [1.54, 1.807) is 24.3 Å². The molecule has 0 aromatic heterocycles. The van der Waals surface area contributed by atoms with Crippen molar-refractivity contribution in [1.82, 2.24) is 10.3 Å². The number of halogens is 2. The lowest BCUT2D eigenvalue weighted by Crippen LogP contribution is -2.46. The van der Waals surface area contributed by atoms with Crippen LogP contribution in [0, 0.1) is 11.6 Å². The van der Waals surface area contributed by atoms with Crippen LogP contribution in [-0.4, -0.2) is 42.4 Å². The highest BCUT2D eigenvalue weighted by atomic mass is 32.1. The Balaban J connectivity index is 1.56. The summed E-state index contributed by atoms with van der Waals surface area (Å²) < 4.78 is 27.5. The van der Waals surface area contributed by atoms with Gasteiger partial charge < -0.3 is 10.6 Å². The molecule has 1 saturated heterocycles. The first-order chi connectivity index (χ1) is 13.0. The molecule has 27 heavy (non-hydrogen) atoms. The lowest BCUT2D eigenvalue weighted by Gasteiger charge is -2.36. The van der Waals surface area contributed by atoms with E-state index in [-0.39, 0.29) is 16.7 Å². The number of anilines is 1. The molecule has 2 aromatic carbocycles. The maximum atomic E-state index is 14.5. The number of nitrogens with two attached hydrogens (primary N) is 1. The minimum atomic E-state index is -0.291. The number of thiocarbonyl (C=S) groups is 1. The Morgan fingerprint density at radius 3 is 2.44 bits per heavy atom. The van der Waals surface area contributed by atoms with Crippen molar-refractivity contribution in [2.24, 2.45) is 10.8 Å². The van der Waals surface area contributed by atoms with Gasteiger partial charge in [-0.25, -0.2) is 8.78 Å². The number of benzene rings is 2. The summed E-state index contributed by atoms with van der Waals surface area (Å²) in [7, 11) is 0. The van der Waals surface area contributed by atoms with Crippen LogP contribution in [0.15, 0.2) is 47.6 Å². The fourth-order valence-electron chi connectivity index (χ4n) is 3.03. The highest BCUT2D eigenvalue weighted by molar-refractivity contribution is 7.80. The third-order valence-corrected chi connectivity index (χ3v) is 4.48. The number of piperazine rings is 1. The molecular formula is C19H21F2N5S. The third-order valence-electron chi connectivity index (χ3n) is 4.39. The smallest absolute Gasteiger partial charge is 0.184 e. The van der Waals surface area contributed by atoms with E-state index >= 15 is 0 Å². The number of hydrogen-bond donors (Lipinski definition) is 2. The maximum absolute atomic E-state index is 14.5. The van der Waals surface area contributed by atoms with Crippen molar-refractivity contribution in [2.75, 3.05) is 31.1 Å². The zero-order chi connectivity index (χ0) is 19.2. The average molecular weight is 389 g/mol. The Morgan fingerprint density at radius 1 is 1.11 bits per heavy atom. The summed E-state index contributed by atoms with van der Waals surface area (Å²) in [5, 5.41) is 3.89. The van der Waals surface area contributed by atoms with E-state index in [0.717, 1.165) is 38.3 Å². The number of nitrogens with one attached hydrogen (secondary N) is 1. The molecule has 0 atom stereocenters. The van der Waals surface area contributed by atoms with Crippen molar-refractivity contribution < 1.29 is 8.78 Å². The van der Waals surface area contributed by atoms with Crippen molar-refractivity contribution in [3.8, 4) is 0 Å². The summed E-state index contributed by atoms with van der Waals surface area (Å²) in [5.41, 5.74) is 9.99. The normalized spacial score (nSPS) is 15.3. The average Bonchev–Trinajstić information content (AvgIpc) is 2.64. The second-order valence-electron chi connectivity index (χ2n) is 6.33.